The molecule has 0 saturated heterocycles. The lowest BCUT2D eigenvalue weighted by atomic mass is 10.0. The third-order valence-electron chi connectivity index (χ3n) is 2.79. The molecule has 1 aromatic carbocycles. The predicted molar refractivity (Wildman–Crippen MR) is 74.2 cm³/mol. The number of hydrogen-bond donors (Lipinski definition) is 1. The molecular weight excluding hydrogens is 264 g/mol. The lowest BCUT2D eigenvalue weighted by Crippen LogP contribution is -2.07. The average molecular weight is 276 g/mol. The van der Waals surface area contributed by atoms with Gasteiger partial charge in [0.2, 0.25) is 0 Å². The van der Waals surface area contributed by atoms with Gasteiger partial charge in [-0.1, -0.05) is 23.4 Å². The van der Waals surface area contributed by atoms with Gasteiger partial charge in [-0.25, -0.2) is 0 Å². The Morgan fingerprint density at radius 2 is 2.16 bits per heavy atom. The van der Waals surface area contributed by atoms with E-state index in [9.17, 15) is 10.1 Å². The van der Waals surface area contributed by atoms with Crippen LogP contribution in [-0.4, -0.2) is 15.8 Å². The molecule has 1 N–H and O–H groups in total. The van der Waals surface area contributed by atoms with E-state index in [2.05, 4.69) is 5.16 Å². The van der Waals surface area contributed by atoms with Crippen molar-refractivity contribution in [1.29, 1.82) is 0 Å². The number of para-hydroxylation sites is 1. The van der Waals surface area contributed by atoms with Crippen molar-refractivity contribution < 1.29 is 10.1 Å². The van der Waals surface area contributed by atoms with Crippen LogP contribution in [0.15, 0.2) is 40.9 Å². The first kappa shape index (κ1) is 13.2. The largest absolute Gasteiger partial charge is 0.411 e. The van der Waals surface area contributed by atoms with E-state index < -0.39 is 4.92 Å². The summed E-state index contributed by atoms with van der Waals surface area (Å²) in [5.41, 5.74) is 2.02. The molecule has 1 heterocycles. The van der Waals surface area contributed by atoms with Gasteiger partial charge in [0, 0.05) is 18.1 Å². The number of aryl methyl sites for hydroxylation is 1. The van der Waals surface area contributed by atoms with E-state index in [-0.39, 0.29) is 12.1 Å². The summed E-state index contributed by atoms with van der Waals surface area (Å²) in [6, 6.07) is 8.40. The highest BCUT2D eigenvalue weighted by molar-refractivity contribution is 7.12. The highest BCUT2D eigenvalue weighted by Crippen LogP contribution is 2.23. The Bertz CT molecular complexity index is 634. The molecule has 2 aromatic rings. The number of nitro groups is 1. The van der Waals surface area contributed by atoms with Crippen LogP contribution in [0.5, 0.6) is 0 Å². The Labute approximate surface area is 114 Å². The molecule has 0 aliphatic carbocycles. The smallest absolute Gasteiger partial charge is 0.272 e. The monoisotopic (exact) mass is 276 g/mol. The molecule has 5 nitrogen and oxygen atoms in total. The lowest BCUT2D eigenvalue weighted by molar-refractivity contribution is -0.385. The Kier molecular flexibility index (Phi) is 3.91. The molecule has 2 rings (SSSR count). The van der Waals surface area contributed by atoms with Gasteiger partial charge >= 0.3 is 0 Å². The number of nitrogens with zero attached hydrogens (tertiary/aromatic N) is 2. The van der Waals surface area contributed by atoms with Crippen molar-refractivity contribution in [1.82, 2.24) is 0 Å². The van der Waals surface area contributed by atoms with Gasteiger partial charge in [-0.3, -0.25) is 10.1 Å². The zero-order valence-corrected chi connectivity index (χ0v) is 11.1. The summed E-state index contributed by atoms with van der Waals surface area (Å²) in [6.07, 6.45) is 0.231. The number of oxime groups is 1. The van der Waals surface area contributed by atoms with Crippen molar-refractivity contribution in [2.45, 2.75) is 13.3 Å². The van der Waals surface area contributed by atoms with E-state index in [1.165, 1.54) is 17.4 Å². The third-order valence-corrected chi connectivity index (χ3v) is 3.86. The summed E-state index contributed by atoms with van der Waals surface area (Å²) in [4.78, 5) is 11.4. The second kappa shape index (κ2) is 5.62. The first-order valence-electron chi connectivity index (χ1n) is 5.61. The zero-order valence-electron chi connectivity index (χ0n) is 10.2. The SMILES string of the molecule is Cc1ccsc1C(Cc1ccccc1[N+](=O)[O-])=NO. The van der Waals surface area contributed by atoms with Crippen LogP contribution < -0.4 is 0 Å². The number of nitro benzene ring substituents is 1. The maximum Gasteiger partial charge on any atom is 0.272 e. The van der Waals surface area contributed by atoms with Gasteiger partial charge in [0.05, 0.1) is 9.80 Å². The lowest BCUT2D eigenvalue weighted by Gasteiger charge is -2.05. The Morgan fingerprint density at radius 1 is 1.42 bits per heavy atom. The van der Waals surface area contributed by atoms with Gasteiger partial charge in [0.25, 0.3) is 5.69 Å². The first-order chi connectivity index (χ1) is 9.13. The summed E-state index contributed by atoms with van der Waals surface area (Å²) in [6.45, 7) is 1.91. The Balaban J connectivity index is 2.35. The van der Waals surface area contributed by atoms with Crippen LogP contribution in [0.2, 0.25) is 0 Å². The maximum atomic E-state index is 11.0. The van der Waals surface area contributed by atoms with Gasteiger partial charge in [-0.15, -0.1) is 11.3 Å². The van der Waals surface area contributed by atoms with Gasteiger partial charge in [-0.05, 0) is 23.9 Å². The van der Waals surface area contributed by atoms with E-state index in [1.54, 1.807) is 18.2 Å². The van der Waals surface area contributed by atoms with Gasteiger partial charge in [0.1, 0.15) is 5.71 Å². The fourth-order valence-electron chi connectivity index (χ4n) is 1.85. The summed E-state index contributed by atoms with van der Waals surface area (Å²) < 4.78 is 0. The first-order valence-corrected chi connectivity index (χ1v) is 6.49. The predicted octanol–water partition coefficient (Wildman–Crippen LogP) is 3.39. The quantitative estimate of drug-likeness (QED) is 0.402. The molecule has 0 unspecified atom stereocenters. The van der Waals surface area contributed by atoms with Crippen LogP contribution in [0.1, 0.15) is 16.0 Å². The van der Waals surface area contributed by atoms with Crippen molar-refractivity contribution >= 4 is 22.7 Å². The van der Waals surface area contributed by atoms with Crippen LogP contribution in [0.4, 0.5) is 5.69 Å². The standard InChI is InChI=1S/C13H12N2O3S/c1-9-6-7-19-13(9)11(14-16)8-10-4-2-3-5-12(10)15(17)18/h2-7,16H,8H2,1H3. The van der Waals surface area contributed by atoms with Crippen LogP contribution in [-0.2, 0) is 6.42 Å². The van der Waals surface area contributed by atoms with Crippen LogP contribution in [0.3, 0.4) is 0 Å². The fourth-order valence-corrected chi connectivity index (χ4v) is 2.76. The molecule has 0 radical (unpaired) electrons. The molecule has 0 spiro atoms. The summed E-state index contributed by atoms with van der Waals surface area (Å²) in [7, 11) is 0. The van der Waals surface area contributed by atoms with Crippen molar-refractivity contribution in [2.24, 2.45) is 5.16 Å². The van der Waals surface area contributed by atoms with E-state index in [4.69, 9.17) is 5.21 Å². The molecule has 0 aliphatic rings. The molecule has 19 heavy (non-hydrogen) atoms. The van der Waals surface area contributed by atoms with Crippen molar-refractivity contribution in [3.63, 3.8) is 0 Å². The number of hydrogen-bond acceptors (Lipinski definition) is 5. The minimum absolute atomic E-state index is 0.0397. The van der Waals surface area contributed by atoms with Crippen LogP contribution >= 0.6 is 11.3 Å². The van der Waals surface area contributed by atoms with Gasteiger partial charge < -0.3 is 5.21 Å². The molecule has 98 valence electrons. The van der Waals surface area contributed by atoms with Crippen molar-refractivity contribution in [2.75, 3.05) is 0 Å². The fraction of sp³-hybridized carbons (Fsp3) is 0.154. The normalized spacial score (nSPS) is 11.5. The molecular formula is C13H12N2O3S. The molecule has 0 aliphatic heterocycles. The number of rotatable bonds is 4. The molecule has 0 bridgehead atoms. The summed E-state index contributed by atoms with van der Waals surface area (Å²) in [5, 5.41) is 25.3. The number of thiophene rings is 1. The highest BCUT2D eigenvalue weighted by Gasteiger charge is 2.17. The van der Waals surface area contributed by atoms with Crippen molar-refractivity contribution in [3.8, 4) is 0 Å². The molecule has 0 fully saturated rings. The summed E-state index contributed by atoms with van der Waals surface area (Å²) in [5.74, 6) is 0. The van der Waals surface area contributed by atoms with Crippen LogP contribution in [0.25, 0.3) is 0 Å². The second-order valence-corrected chi connectivity index (χ2v) is 4.96. The topological polar surface area (TPSA) is 75.7 Å². The highest BCUT2D eigenvalue weighted by atomic mass is 32.1. The van der Waals surface area contributed by atoms with Gasteiger partial charge in [-0.2, -0.15) is 0 Å². The Morgan fingerprint density at radius 3 is 2.74 bits per heavy atom. The molecule has 0 amide bonds. The average Bonchev–Trinajstić information content (AvgIpc) is 2.82. The minimum atomic E-state index is -0.425. The van der Waals surface area contributed by atoms with E-state index in [1.807, 2.05) is 18.4 Å². The molecule has 0 saturated carbocycles. The summed E-state index contributed by atoms with van der Waals surface area (Å²) >= 11 is 1.46. The van der Waals surface area contributed by atoms with Gasteiger partial charge in [0.15, 0.2) is 0 Å². The Hall–Kier alpha value is -2.21. The van der Waals surface area contributed by atoms with E-state index in [0.29, 0.717) is 11.3 Å². The van der Waals surface area contributed by atoms with E-state index in [0.717, 1.165) is 10.4 Å². The van der Waals surface area contributed by atoms with Crippen LogP contribution in [0, 0.1) is 17.0 Å². The zero-order chi connectivity index (χ0) is 13.8. The number of benzene rings is 1. The van der Waals surface area contributed by atoms with Crippen molar-refractivity contribution in [3.05, 3.63) is 61.8 Å². The minimum Gasteiger partial charge on any atom is -0.411 e. The molecule has 6 heteroatoms. The second-order valence-electron chi connectivity index (χ2n) is 4.04. The maximum absolute atomic E-state index is 11.0. The molecule has 1 aromatic heterocycles. The van der Waals surface area contributed by atoms with E-state index >= 15 is 0 Å². The third kappa shape index (κ3) is 2.79. The molecule has 0 atom stereocenters.